The van der Waals surface area contributed by atoms with Gasteiger partial charge in [0.25, 0.3) is 16.7 Å². The maximum Gasteiger partial charge on any atom is 0.261 e. The molecule has 12 heteroatoms. The van der Waals surface area contributed by atoms with Crippen LogP contribution >= 0.6 is 0 Å². The summed E-state index contributed by atoms with van der Waals surface area (Å²) in [4.78, 5) is 65.3. The summed E-state index contributed by atoms with van der Waals surface area (Å²) in [6.45, 7) is 9.00. The monoisotopic (exact) mass is 987 g/mol. The number of aryl methyl sites for hydroxylation is 3. The van der Waals surface area contributed by atoms with E-state index in [2.05, 4.69) is 71.2 Å². The van der Waals surface area contributed by atoms with Gasteiger partial charge >= 0.3 is 0 Å². The Labute approximate surface area is 436 Å². The van der Waals surface area contributed by atoms with Crippen molar-refractivity contribution in [2.45, 2.75) is 98.2 Å². The van der Waals surface area contributed by atoms with Gasteiger partial charge in [0.15, 0.2) is 0 Å². The minimum Gasteiger partial charge on any atom is -0.296 e. The zero-order valence-corrected chi connectivity index (χ0v) is 42.6. The van der Waals surface area contributed by atoms with Gasteiger partial charge in [-0.1, -0.05) is 56.7 Å². The Kier molecular flexibility index (Phi) is 15.2. The van der Waals surface area contributed by atoms with Crippen molar-refractivity contribution in [2.24, 2.45) is 17.8 Å². The molecule has 75 heavy (non-hydrogen) atoms. The normalized spacial score (nSPS) is 16.6. The number of benzene rings is 3. The van der Waals surface area contributed by atoms with Crippen LogP contribution in [-0.2, 0) is 38.9 Å². The number of hydrogen-bond acceptors (Lipinski definition) is 9. The van der Waals surface area contributed by atoms with E-state index in [0.717, 1.165) is 145 Å². The van der Waals surface area contributed by atoms with Crippen LogP contribution in [0.15, 0.2) is 142 Å². The molecule has 3 aliphatic heterocycles. The molecular formula is C63H57N9O3. The lowest BCUT2D eigenvalue weighted by molar-refractivity contribution is 0.484. The van der Waals surface area contributed by atoms with Crippen LogP contribution < -0.4 is 16.7 Å². The van der Waals surface area contributed by atoms with Crippen molar-refractivity contribution < 1.29 is 0 Å². The summed E-state index contributed by atoms with van der Waals surface area (Å²) in [6.07, 6.45) is 14.1. The molecule has 6 aromatic heterocycles. The number of pyridine rings is 3. The zero-order chi connectivity index (χ0) is 51.7. The SMILES string of the molecule is CC1CCc2nc3cc(C#Cc4ccccn4)ccc3c(=O)n2CC1.CC1CCc2nc3cc(C#Cc4ccccn4)ccc3c(=O)n2CC1.CC1CCc2nc3cc(C#Cc4ccccn4)ccc3c(=O)n2CC1. The van der Waals surface area contributed by atoms with Gasteiger partial charge in [0, 0.05) is 74.2 Å². The topological polar surface area (TPSA) is 143 Å². The third kappa shape index (κ3) is 12.0. The second kappa shape index (κ2) is 23.0. The van der Waals surface area contributed by atoms with Crippen LogP contribution in [0.2, 0.25) is 0 Å². The predicted octanol–water partition coefficient (Wildman–Crippen LogP) is 9.49. The summed E-state index contributed by atoms with van der Waals surface area (Å²) in [5.74, 6) is 23.1. The van der Waals surface area contributed by atoms with Gasteiger partial charge in [0.05, 0.1) is 32.7 Å². The molecule has 0 saturated heterocycles. The van der Waals surface area contributed by atoms with Crippen molar-refractivity contribution in [3.05, 3.63) is 210 Å². The van der Waals surface area contributed by atoms with Crippen molar-refractivity contribution in [3.63, 3.8) is 0 Å². The van der Waals surface area contributed by atoms with Gasteiger partial charge in [-0.3, -0.25) is 28.1 Å². The fourth-order valence-corrected chi connectivity index (χ4v) is 9.63. The fourth-order valence-electron chi connectivity index (χ4n) is 9.63. The van der Waals surface area contributed by atoms with E-state index >= 15 is 0 Å². The molecular weight excluding hydrogens is 931 g/mol. The third-order valence-electron chi connectivity index (χ3n) is 14.2. The number of nitrogens with zero attached hydrogens (tertiary/aromatic N) is 9. The molecule has 0 fully saturated rings. The number of aromatic nitrogens is 9. The average molecular weight is 988 g/mol. The van der Waals surface area contributed by atoms with E-state index in [1.807, 2.05) is 123 Å². The van der Waals surface area contributed by atoms with Gasteiger partial charge in [-0.15, -0.1) is 0 Å². The highest BCUT2D eigenvalue weighted by atomic mass is 16.1. The van der Waals surface area contributed by atoms with Crippen molar-refractivity contribution in [2.75, 3.05) is 0 Å². The first-order valence-electron chi connectivity index (χ1n) is 26.0. The molecule has 9 aromatic rings. The van der Waals surface area contributed by atoms with Crippen LogP contribution in [0.4, 0.5) is 0 Å². The summed E-state index contributed by atoms with van der Waals surface area (Å²) in [5, 5.41) is 2.00. The van der Waals surface area contributed by atoms with E-state index in [4.69, 9.17) is 15.0 Å². The largest absolute Gasteiger partial charge is 0.296 e. The maximum atomic E-state index is 12.8. The van der Waals surface area contributed by atoms with Gasteiger partial charge < -0.3 is 0 Å². The lowest BCUT2D eigenvalue weighted by Crippen LogP contribution is -2.24. The Bertz CT molecular complexity index is 3540. The van der Waals surface area contributed by atoms with Crippen LogP contribution in [-0.4, -0.2) is 43.6 Å². The Hall–Kier alpha value is -8.79. The molecule has 0 N–H and O–H groups in total. The number of hydrogen-bond donors (Lipinski definition) is 0. The van der Waals surface area contributed by atoms with Crippen LogP contribution in [0.3, 0.4) is 0 Å². The molecule has 0 aliphatic carbocycles. The Morgan fingerprint density at radius 2 is 0.693 bits per heavy atom. The second-order valence-electron chi connectivity index (χ2n) is 19.8. The van der Waals surface area contributed by atoms with Crippen molar-refractivity contribution in [1.82, 2.24) is 43.6 Å². The molecule has 0 bridgehead atoms. The molecule has 3 unspecified atom stereocenters. The first-order valence-corrected chi connectivity index (χ1v) is 26.0. The van der Waals surface area contributed by atoms with Gasteiger partial charge in [-0.05, 0) is 165 Å². The average Bonchev–Trinajstić information content (AvgIpc) is 3.85. The molecule has 372 valence electrons. The molecule has 9 heterocycles. The predicted molar refractivity (Wildman–Crippen MR) is 295 cm³/mol. The molecule has 0 saturated carbocycles. The summed E-state index contributed by atoms with van der Waals surface area (Å²) in [6, 6.07) is 33.8. The van der Waals surface area contributed by atoms with Crippen molar-refractivity contribution >= 4 is 32.7 Å². The summed E-state index contributed by atoms with van der Waals surface area (Å²) < 4.78 is 5.56. The smallest absolute Gasteiger partial charge is 0.261 e. The molecule has 0 spiro atoms. The first-order chi connectivity index (χ1) is 36.6. The maximum absolute atomic E-state index is 12.8. The van der Waals surface area contributed by atoms with Crippen LogP contribution in [0.1, 0.15) is 111 Å². The molecule has 0 amide bonds. The Morgan fingerprint density at radius 3 is 0.973 bits per heavy atom. The molecule has 3 atom stereocenters. The van der Waals surface area contributed by atoms with Gasteiger partial charge in [0.2, 0.25) is 0 Å². The first kappa shape index (κ1) is 49.8. The zero-order valence-electron chi connectivity index (χ0n) is 42.6. The fraction of sp³-hybridized carbons (Fsp3) is 0.286. The lowest BCUT2D eigenvalue weighted by Gasteiger charge is -2.10. The van der Waals surface area contributed by atoms with Gasteiger partial charge in [0.1, 0.15) is 34.6 Å². The summed E-state index contributed by atoms with van der Waals surface area (Å²) in [7, 11) is 0. The molecule has 0 radical (unpaired) electrons. The molecule has 12 rings (SSSR count). The van der Waals surface area contributed by atoms with E-state index < -0.39 is 0 Å². The quantitative estimate of drug-likeness (QED) is 0.136. The van der Waals surface area contributed by atoms with Crippen LogP contribution in [0.5, 0.6) is 0 Å². The molecule has 3 aliphatic rings. The van der Waals surface area contributed by atoms with E-state index in [9.17, 15) is 14.4 Å². The third-order valence-corrected chi connectivity index (χ3v) is 14.2. The van der Waals surface area contributed by atoms with Crippen LogP contribution in [0, 0.1) is 53.3 Å². The van der Waals surface area contributed by atoms with E-state index in [-0.39, 0.29) is 16.7 Å². The van der Waals surface area contributed by atoms with Crippen molar-refractivity contribution in [1.29, 1.82) is 0 Å². The highest BCUT2D eigenvalue weighted by molar-refractivity contribution is 5.81. The number of fused-ring (bicyclic) bond motifs is 6. The Morgan fingerprint density at radius 1 is 0.387 bits per heavy atom. The lowest BCUT2D eigenvalue weighted by atomic mass is 10.0. The van der Waals surface area contributed by atoms with Gasteiger partial charge in [-0.2, -0.15) is 0 Å². The number of rotatable bonds is 0. The highest BCUT2D eigenvalue weighted by Crippen LogP contribution is 2.23. The highest BCUT2D eigenvalue weighted by Gasteiger charge is 2.20. The molecule has 3 aromatic carbocycles. The Balaban J connectivity index is 0.000000128. The van der Waals surface area contributed by atoms with Crippen LogP contribution in [0.25, 0.3) is 32.7 Å². The van der Waals surface area contributed by atoms with E-state index in [0.29, 0.717) is 33.9 Å². The molecule has 12 nitrogen and oxygen atoms in total. The van der Waals surface area contributed by atoms with E-state index in [1.54, 1.807) is 18.6 Å². The summed E-state index contributed by atoms with van der Waals surface area (Å²) in [5.41, 5.74) is 7.13. The van der Waals surface area contributed by atoms with Crippen molar-refractivity contribution in [3.8, 4) is 35.5 Å². The minimum absolute atomic E-state index is 0.0679. The standard InChI is InChI=1S/3C21H19N3O/c3*1-15-5-10-20-23-19-14-16(6-8-17-4-2-3-12-22-17)7-9-18(19)21(25)24(20)13-11-15/h3*2-4,7,9,12,14-15H,5,10-11,13H2,1H3. The van der Waals surface area contributed by atoms with E-state index in [1.165, 1.54) is 0 Å². The van der Waals surface area contributed by atoms with Gasteiger partial charge in [-0.25, -0.2) is 29.9 Å². The minimum atomic E-state index is 0.0679. The summed E-state index contributed by atoms with van der Waals surface area (Å²) >= 11 is 0. The second-order valence-corrected chi connectivity index (χ2v) is 19.8.